The summed E-state index contributed by atoms with van der Waals surface area (Å²) in [5, 5.41) is 2.46. The van der Waals surface area contributed by atoms with E-state index in [9.17, 15) is 14.4 Å². The maximum atomic E-state index is 12.7. The molecule has 5 aliphatic rings. The molecule has 4 heteroatoms. The van der Waals surface area contributed by atoms with Gasteiger partial charge in [-0.15, -0.1) is 0 Å². The van der Waals surface area contributed by atoms with Gasteiger partial charge in [-0.1, -0.05) is 46.3 Å². The first-order chi connectivity index (χ1) is 13.9. The summed E-state index contributed by atoms with van der Waals surface area (Å²) >= 11 is 0. The lowest BCUT2D eigenvalue weighted by Crippen LogP contribution is -2.57. The Morgan fingerprint density at radius 2 is 1.63 bits per heavy atom. The first kappa shape index (κ1) is 20.2. The Kier molecular flexibility index (Phi) is 4.01. The van der Waals surface area contributed by atoms with Gasteiger partial charge in [0.05, 0.1) is 0 Å². The Balaban J connectivity index is 1.55. The predicted molar refractivity (Wildman–Crippen MR) is 115 cm³/mol. The van der Waals surface area contributed by atoms with Gasteiger partial charge in [-0.2, -0.15) is 0 Å². The topological polar surface area (TPSA) is 63.2 Å². The van der Waals surface area contributed by atoms with Crippen LogP contribution in [0.3, 0.4) is 0 Å². The molecule has 162 valence electrons. The molecule has 6 atom stereocenters. The van der Waals surface area contributed by atoms with Gasteiger partial charge in [0.15, 0.2) is 0 Å². The van der Waals surface area contributed by atoms with E-state index in [1.165, 1.54) is 0 Å². The zero-order valence-corrected chi connectivity index (χ0v) is 19.1. The third-order valence-electron chi connectivity index (χ3n) is 10.7. The van der Waals surface area contributed by atoms with Crippen LogP contribution in [0.4, 0.5) is 0 Å². The zero-order chi connectivity index (χ0) is 21.7. The second-order valence-corrected chi connectivity index (χ2v) is 11.9. The molecule has 5 rings (SSSR count). The van der Waals surface area contributed by atoms with Crippen LogP contribution in [0, 0.1) is 39.4 Å². The van der Waals surface area contributed by atoms with Crippen LogP contribution in [-0.2, 0) is 14.4 Å². The molecular weight excluding hydrogens is 374 g/mol. The molecule has 0 radical (unpaired) electrons. The first-order valence-corrected chi connectivity index (χ1v) is 11.8. The van der Waals surface area contributed by atoms with Crippen LogP contribution in [0.1, 0.15) is 79.6 Å². The number of rotatable bonds is 1. The van der Waals surface area contributed by atoms with Crippen LogP contribution in [0.5, 0.6) is 0 Å². The molecule has 2 amide bonds. The molecule has 1 aliphatic heterocycles. The van der Waals surface area contributed by atoms with E-state index in [1.807, 2.05) is 0 Å². The number of allylic oxidation sites excluding steroid dienone is 2. The number of carbonyl (C=O) groups excluding carboxylic acids is 3. The maximum absolute atomic E-state index is 12.7. The van der Waals surface area contributed by atoms with Crippen molar-refractivity contribution in [2.45, 2.75) is 79.6 Å². The van der Waals surface area contributed by atoms with E-state index in [0.29, 0.717) is 29.6 Å². The van der Waals surface area contributed by atoms with Crippen molar-refractivity contribution in [3.05, 3.63) is 23.3 Å². The zero-order valence-electron chi connectivity index (χ0n) is 19.1. The lowest BCUT2D eigenvalue weighted by molar-refractivity contribution is -0.145. The van der Waals surface area contributed by atoms with Crippen molar-refractivity contribution in [2.75, 3.05) is 0 Å². The Labute approximate surface area is 179 Å². The van der Waals surface area contributed by atoms with Gasteiger partial charge in [-0.05, 0) is 72.5 Å². The third-order valence-corrected chi connectivity index (χ3v) is 10.7. The van der Waals surface area contributed by atoms with Crippen molar-refractivity contribution in [3.63, 3.8) is 0 Å². The standard InChI is InChI=1S/C26H35NO3/c1-23(2)19-7-6-18-17(24(19,3)11-10-20(23)28)9-13-25(4)16(8-12-26(18,25)5)15-14-21(29)27-22(15)30/h6,14,16-17,19H,7-13H2,1-5H3,(H,27,29,30)/t16-,17-,19-,24+,25-,26+/m0/s1. The Hall–Kier alpha value is -1.71. The lowest BCUT2D eigenvalue weighted by atomic mass is 9.41. The van der Waals surface area contributed by atoms with Crippen LogP contribution in [-0.4, -0.2) is 17.6 Å². The molecule has 4 aliphatic carbocycles. The van der Waals surface area contributed by atoms with Gasteiger partial charge in [0.1, 0.15) is 5.78 Å². The molecule has 1 heterocycles. The van der Waals surface area contributed by atoms with Crippen molar-refractivity contribution < 1.29 is 14.4 Å². The molecule has 0 spiro atoms. The monoisotopic (exact) mass is 409 g/mol. The molecule has 30 heavy (non-hydrogen) atoms. The minimum Gasteiger partial charge on any atom is -0.299 e. The van der Waals surface area contributed by atoms with Crippen LogP contribution in [0.25, 0.3) is 0 Å². The third kappa shape index (κ3) is 2.26. The van der Waals surface area contributed by atoms with Crippen LogP contribution in [0.15, 0.2) is 23.3 Å². The molecule has 0 aromatic carbocycles. The summed E-state index contributed by atoms with van der Waals surface area (Å²) in [4.78, 5) is 37.0. The second-order valence-electron chi connectivity index (χ2n) is 11.9. The predicted octanol–water partition coefficient (Wildman–Crippen LogP) is 4.74. The summed E-state index contributed by atoms with van der Waals surface area (Å²) in [5.41, 5.74) is 2.26. The number of Topliss-reactive ketones (excluding diaryl/α,β-unsaturated/α-hetero) is 1. The quantitative estimate of drug-likeness (QED) is 0.502. The summed E-state index contributed by atoms with van der Waals surface area (Å²) in [5.74, 6) is 1.06. The highest BCUT2D eigenvalue weighted by Crippen LogP contribution is 2.73. The molecule has 0 aromatic rings. The van der Waals surface area contributed by atoms with E-state index in [4.69, 9.17) is 0 Å². The maximum Gasteiger partial charge on any atom is 0.254 e. The van der Waals surface area contributed by atoms with E-state index < -0.39 is 0 Å². The number of carbonyl (C=O) groups is 3. The minimum absolute atomic E-state index is 0.00761. The Morgan fingerprint density at radius 1 is 0.933 bits per heavy atom. The molecule has 0 aromatic heterocycles. The van der Waals surface area contributed by atoms with Crippen molar-refractivity contribution in [3.8, 4) is 0 Å². The smallest absolute Gasteiger partial charge is 0.254 e. The van der Waals surface area contributed by atoms with Crippen LogP contribution < -0.4 is 5.32 Å². The summed E-state index contributed by atoms with van der Waals surface area (Å²) in [7, 11) is 0. The summed E-state index contributed by atoms with van der Waals surface area (Å²) in [6, 6.07) is 0. The van der Waals surface area contributed by atoms with E-state index in [-0.39, 0.29) is 39.4 Å². The number of amides is 2. The van der Waals surface area contributed by atoms with E-state index in [2.05, 4.69) is 46.0 Å². The van der Waals surface area contributed by atoms with E-state index in [0.717, 1.165) is 38.5 Å². The highest BCUT2D eigenvalue weighted by Gasteiger charge is 2.65. The number of fused-ring (bicyclic) bond motifs is 5. The molecule has 4 nitrogen and oxygen atoms in total. The normalized spacial score (nSPS) is 47.1. The fourth-order valence-corrected chi connectivity index (χ4v) is 8.69. The Morgan fingerprint density at radius 3 is 2.30 bits per heavy atom. The van der Waals surface area contributed by atoms with Crippen LogP contribution in [0.2, 0.25) is 0 Å². The number of ketones is 1. The van der Waals surface area contributed by atoms with Crippen molar-refractivity contribution in [1.29, 1.82) is 0 Å². The van der Waals surface area contributed by atoms with E-state index >= 15 is 0 Å². The van der Waals surface area contributed by atoms with Gasteiger partial charge in [0, 0.05) is 23.5 Å². The molecule has 0 saturated heterocycles. The van der Waals surface area contributed by atoms with Gasteiger partial charge in [-0.25, -0.2) is 0 Å². The largest absolute Gasteiger partial charge is 0.299 e. The molecule has 1 N–H and O–H groups in total. The highest BCUT2D eigenvalue weighted by atomic mass is 16.2. The average molecular weight is 410 g/mol. The molecule has 3 fully saturated rings. The lowest BCUT2D eigenvalue weighted by Gasteiger charge is -2.63. The van der Waals surface area contributed by atoms with Crippen molar-refractivity contribution in [2.24, 2.45) is 39.4 Å². The number of hydrogen-bond acceptors (Lipinski definition) is 3. The second kappa shape index (κ2) is 5.95. The summed E-state index contributed by atoms with van der Waals surface area (Å²) in [6.07, 6.45) is 11.0. The Bertz CT molecular complexity index is 927. The first-order valence-electron chi connectivity index (χ1n) is 11.8. The van der Waals surface area contributed by atoms with Crippen molar-refractivity contribution >= 4 is 17.6 Å². The number of nitrogens with one attached hydrogen (secondary N) is 1. The van der Waals surface area contributed by atoms with Gasteiger partial charge in [-0.3, -0.25) is 19.7 Å². The van der Waals surface area contributed by atoms with Gasteiger partial charge in [0.2, 0.25) is 0 Å². The van der Waals surface area contributed by atoms with Crippen molar-refractivity contribution in [1.82, 2.24) is 5.32 Å². The van der Waals surface area contributed by atoms with Crippen LogP contribution >= 0.6 is 0 Å². The van der Waals surface area contributed by atoms with Gasteiger partial charge >= 0.3 is 0 Å². The molecule has 0 unspecified atom stereocenters. The average Bonchev–Trinajstić information content (AvgIpc) is 3.14. The molecular formula is C26H35NO3. The van der Waals surface area contributed by atoms with Gasteiger partial charge in [0.25, 0.3) is 11.8 Å². The summed E-state index contributed by atoms with van der Waals surface area (Å²) in [6.45, 7) is 11.6. The fraction of sp³-hybridized carbons (Fsp3) is 0.731. The number of hydrogen-bond donors (Lipinski definition) is 1. The minimum atomic E-state index is -0.262. The highest BCUT2D eigenvalue weighted by molar-refractivity contribution is 6.16. The summed E-state index contributed by atoms with van der Waals surface area (Å²) < 4.78 is 0. The fourth-order valence-electron chi connectivity index (χ4n) is 8.69. The van der Waals surface area contributed by atoms with E-state index in [1.54, 1.807) is 11.6 Å². The molecule has 0 bridgehead atoms. The molecule has 3 saturated carbocycles. The number of imide groups is 1. The van der Waals surface area contributed by atoms with Gasteiger partial charge < -0.3 is 0 Å². The SMILES string of the molecule is CC1(C)C(=O)CC[C@]2(C)[C@H]3CC[C@@]4(C)[C@H](C5=CC(=O)NC5=O)CC[C@]4(C)C3=CC[C@@H]12.